The zero-order valence-corrected chi connectivity index (χ0v) is 21.3. The summed E-state index contributed by atoms with van der Waals surface area (Å²) in [5.74, 6) is -0.538. The van der Waals surface area contributed by atoms with Gasteiger partial charge in [-0.25, -0.2) is 4.79 Å². The van der Waals surface area contributed by atoms with E-state index in [2.05, 4.69) is 13.0 Å². The number of nitriles is 1. The van der Waals surface area contributed by atoms with Crippen molar-refractivity contribution in [3.8, 4) is 17.6 Å². The number of ether oxygens (including phenoxy) is 3. The third-order valence-electron chi connectivity index (χ3n) is 5.66. The molecule has 4 N–H and O–H groups in total. The maximum atomic E-state index is 14.6. The van der Waals surface area contributed by atoms with E-state index in [0.29, 0.717) is 42.1 Å². The molecular weight excluding hydrogens is 504 g/mol. The van der Waals surface area contributed by atoms with Gasteiger partial charge in [-0.15, -0.1) is 0 Å². The smallest absolute Gasteiger partial charge is 0.426 e. The molecule has 0 aliphatic heterocycles. The number of hydrogen-bond donors (Lipinski definition) is 2. The Kier molecular flexibility index (Phi) is 10.3. The summed E-state index contributed by atoms with van der Waals surface area (Å²) in [6, 6.07) is 18.3. The van der Waals surface area contributed by atoms with Crippen LogP contribution in [-0.4, -0.2) is 19.2 Å². The largest absolute Gasteiger partial charge is 0.494 e. The summed E-state index contributed by atoms with van der Waals surface area (Å²) in [6.45, 7) is 4.39. The third kappa shape index (κ3) is 9.04. The van der Waals surface area contributed by atoms with E-state index >= 15 is 0 Å². The van der Waals surface area contributed by atoms with Crippen molar-refractivity contribution >= 4 is 23.4 Å². The molecule has 0 aromatic heterocycles. The number of nitrogens with two attached hydrogens (primary N) is 2. The van der Waals surface area contributed by atoms with Crippen LogP contribution in [-0.2, 0) is 15.6 Å². The second kappa shape index (κ2) is 13.8. The van der Waals surface area contributed by atoms with Gasteiger partial charge in [-0.05, 0) is 85.5 Å². The number of benzene rings is 3. The molecule has 7 nitrogen and oxygen atoms in total. The van der Waals surface area contributed by atoms with Crippen LogP contribution in [0.1, 0.15) is 41.9 Å². The van der Waals surface area contributed by atoms with Crippen LogP contribution in [0.3, 0.4) is 0 Å². The van der Waals surface area contributed by atoms with Crippen molar-refractivity contribution in [2.75, 3.05) is 24.7 Å². The van der Waals surface area contributed by atoms with E-state index in [0.717, 1.165) is 12.0 Å². The number of esters is 1. The van der Waals surface area contributed by atoms with Gasteiger partial charge in [0.1, 0.15) is 11.5 Å². The van der Waals surface area contributed by atoms with Gasteiger partial charge in [0.2, 0.25) is 0 Å². The standard InChI is InChI=1S/C30H30F2N3O4/c1-21(27-15-10-24(34)19-28(27)35)20-38-29(36)16-7-22-5-11-26(12-6-22)39-30(31,32)23-8-13-25(14-9-23)37-18-4-2-3-17-33/h5-16,19,21H,1-4,18,20,34-35H2/b16-7+. The lowest BCUT2D eigenvalue weighted by atomic mass is 10.00. The molecule has 39 heavy (non-hydrogen) atoms. The molecule has 0 heterocycles. The van der Waals surface area contributed by atoms with E-state index in [9.17, 15) is 13.6 Å². The molecule has 1 unspecified atom stereocenters. The quantitative estimate of drug-likeness (QED) is 0.115. The Labute approximate surface area is 226 Å². The molecule has 1 radical (unpaired) electrons. The summed E-state index contributed by atoms with van der Waals surface area (Å²) in [6.07, 6.45) is 1.05. The van der Waals surface area contributed by atoms with Gasteiger partial charge in [-0.2, -0.15) is 14.0 Å². The lowest BCUT2D eigenvalue weighted by Gasteiger charge is -2.18. The van der Waals surface area contributed by atoms with Crippen LogP contribution < -0.4 is 20.9 Å². The van der Waals surface area contributed by atoms with Gasteiger partial charge in [-0.3, -0.25) is 0 Å². The zero-order valence-electron chi connectivity index (χ0n) is 21.3. The van der Waals surface area contributed by atoms with Crippen LogP contribution in [0.5, 0.6) is 11.5 Å². The number of unbranched alkanes of at least 4 members (excludes halogenated alkanes) is 2. The van der Waals surface area contributed by atoms with Crippen molar-refractivity contribution in [3.63, 3.8) is 0 Å². The molecule has 0 fully saturated rings. The lowest BCUT2D eigenvalue weighted by Crippen LogP contribution is -2.21. The summed E-state index contributed by atoms with van der Waals surface area (Å²) >= 11 is 0. The highest BCUT2D eigenvalue weighted by Crippen LogP contribution is 2.32. The van der Waals surface area contributed by atoms with Gasteiger partial charge in [0.25, 0.3) is 0 Å². The fourth-order valence-electron chi connectivity index (χ4n) is 3.55. The highest BCUT2D eigenvalue weighted by Gasteiger charge is 2.34. The van der Waals surface area contributed by atoms with Crippen molar-refractivity contribution in [1.29, 1.82) is 5.26 Å². The van der Waals surface area contributed by atoms with Crippen LogP contribution in [0.15, 0.2) is 72.8 Å². The van der Waals surface area contributed by atoms with Gasteiger partial charge < -0.3 is 25.7 Å². The Morgan fingerprint density at radius 3 is 2.38 bits per heavy atom. The number of carbonyl (C=O) groups is 1. The van der Waals surface area contributed by atoms with E-state index in [1.807, 2.05) is 0 Å². The molecule has 0 spiro atoms. The molecule has 3 rings (SSSR count). The first-order chi connectivity index (χ1) is 18.7. The molecule has 0 aliphatic carbocycles. The zero-order chi connectivity index (χ0) is 28.3. The second-order valence-corrected chi connectivity index (χ2v) is 8.72. The second-order valence-electron chi connectivity index (χ2n) is 8.72. The van der Waals surface area contributed by atoms with Crippen LogP contribution in [0.25, 0.3) is 6.08 Å². The fraction of sp³-hybridized carbons (Fsp3) is 0.233. The minimum absolute atomic E-state index is 0.0224. The summed E-state index contributed by atoms with van der Waals surface area (Å²) in [5, 5.41) is 8.53. The summed E-state index contributed by atoms with van der Waals surface area (Å²) in [7, 11) is 0. The van der Waals surface area contributed by atoms with Gasteiger partial charge in [0.05, 0.1) is 24.8 Å². The molecule has 1 atom stereocenters. The van der Waals surface area contributed by atoms with Gasteiger partial charge in [-0.1, -0.05) is 18.2 Å². The Morgan fingerprint density at radius 2 is 1.72 bits per heavy atom. The average Bonchev–Trinajstić information content (AvgIpc) is 2.91. The molecule has 0 amide bonds. The minimum Gasteiger partial charge on any atom is -0.494 e. The molecular formula is C30H30F2N3O4. The molecule has 0 bridgehead atoms. The van der Waals surface area contributed by atoms with Crippen LogP contribution in [0.2, 0.25) is 0 Å². The maximum absolute atomic E-state index is 14.6. The van der Waals surface area contributed by atoms with Crippen molar-refractivity contribution in [1.82, 2.24) is 0 Å². The number of alkyl halides is 2. The van der Waals surface area contributed by atoms with Crippen molar-refractivity contribution in [3.05, 3.63) is 96.4 Å². The number of halogens is 2. The normalized spacial score (nSPS) is 12.1. The fourth-order valence-corrected chi connectivity index (χ4v) is 3.55. The first-order valence-corrected chi connectivity index (χ1v) is 12.3. The Hall–Kier alpha value is -4.58. The van der Waals surface area contributed by atoms with Gasteiger partial charge >= 0.3 is 12.1 Å². The Bertz CT molecular complexity index is 1300. The van der Waals surface area contributed by atoms with Gasteiger partial charge in [0.15, 0.2) is 0 Å². The molecule has 203 valence electrons. The molecule has 3 aromatic carbocycles. The van der Waals surface area contributed by atoms with Crippen LogP contribution in [0, 0.1) is 18.3 Å². The first kappa shape index (κ1) is 29.0. The topological polar surface area (TPSA) is 121 Å². The summed E-state index contributed by atoms with van der Waals surface area (Å²) in [5.41, 5.74) is 13.6. The van der Waals surface area contributed by atoms with E-state index in [-0.39, 0.29) is 23.8 Å². The molecule has 0 saturated heterocycles. The highest BCUT2D eigenvalue weighted by molar-refractivity contribution is 5.87. The highest BCUT2D eigenvalue weighted by atomic mass is 19.3. The molecule has 0 saturated carbocycles. The predicted octanol–water partition coefficient (Wildman–Crippen LogP) is 6.23. The molecule has 3 aromatic rings. The van der Waals surface area contributed by atoms with Crippen LogP contribution in [0.4, 0.5) is 20.2 Å². The number of rotatable bonds is 13. The SMILES string of the molecule is [CH2]C(COC(=O)/C=C/c1ccc(OC(F)(F)c2ccc(OCCCCC#N)cc2)cc1)c1ccc(N)cc1N. The summed E-state index contributed by atoms with van der Waals surface area (Å²) in [4.78, 5) is 12.1. The number of anilines is 2. The number of nitrogens with zero attached hydrogens (tertiary/aromatic N) is 1. The Balaban J connectivity index is 1.48. The van der Waals surface area contributed by atoms with E-state index in [1.165, 1.54) is 60.7 Å². The first-order valence-electron chi connectivity index (χ1n) is 12.3. The van der Waals surface area contributed by atoms with E-state index in [1.54, 1.807) is 18.2 Å². The van der Waals surface area contributed by atoms with Crippen molar-refractivity contribution in [2.45, 2.75) is 31.3 Å². The van der Waals surface area contributed by atoms with Crippen molar-refractivity contribution in [2.24, 2.45) is 0 Å². The monoisotopic (exact) mass is 534 g/mol. The van der Waals surface area contributed by atoms with E-state index < -0.39 is 12.1 Å². The van der Waals surface area contributed by atoms with Gasteiger partial charge in [0, 0.05) is 29.8 Å². The number of carbonyl (C=O) groups excluding carboxylic acids is 1. The number of hydrogen-bond acceptors (Lipinski definition) is 7. The molecule has 9 heteroatoms. The third-order valence-corrected chi connectivity index (χ3v) is 5.66. The number of nitrogen functional groups attached to an aromatic ring is 2. The van der Waals surface area contributed by atoms with E-state index in [4.69, 9.17) is 30.9 Å². The lowest BCUT2D eigenvalue weighted by molar-refractivity contribution is -0.185. The predicted molar refractivity (Wildman–Crippen MR) is 146 cm³/mol. The summed E-state index contributed by atoms with van der Waals surface area (Å²) < 4.78 is 44.9. The molecule has 0 aliphatic rings. The van der Waals surface area contributed by atoms with Crippen LogP contribution >= 0.6 is 0 Å². The average molecular weight is 535 g/mol. The maximum Gasteiger partial charge on any atom is 0.426 e. The van der Waals surface area contributed by atoms with Crippen molar-refractivity contribution < 1.29 is 27.8 Å². The Morgan fingerprint density at radius 1 is 1.03 bits per heavy atom. The minimum atomic E-state index is -3.56.